The molecule has 0 aliphatic heterocycles. The monoisotopic (exact) mass is 350 g/mol. The highest BCUT2D eigenvalue weighted by atomic mass is 79.9. The van der Waals surface area contributed by atoms with Crippen LogP contribution in [0.5, 0.6) is 0 Å². The first-order chi connectivity index (χ1) is 8.71. The normalized spacial score (nSPS) is 13.5. The molecule has 1 atom stereocenters. The van der Waals surface area contributed by atoms with Crippen molar-refractivity contribution in [3.05, 3.63) is 32.8 Å². The maximum absolute atomic E-state index is 12.4. The molecule has 0 fully saturated rings. The van der Waals surface area contributed by atoms with Crippen molar-refractivity contribution in [3.63, 3.8) is 0 Å². The Balaban J connectivity index is 3.43. The Hall–Kier alpha value is -0.990. The highest BCUT2D eigenvalue weighted by molar-refractivity contribution is 9.10. The van der Waals surface area contributed by atoms with Gasteiger partial charge in [-0.25, -0.2) is 8.42 Å². The lowest BCUT2D eigenvalue weighted by Crippen LogP contribution is -2.34. The van der Waals surface area contributed by atoms with Crippen molar-refractivity contribution in [1.29, 1.82) is 0 Å². The zero-order chi connectivity index (χ0) is 14.8. The number of nitro groups is 1. The van der Waals surface area contributed by atoms with E-state index in [1.807, 2.05) is 6.92 Å². The molecule has 106 valence electrons. The Labute approximate surface area is 120 Å². The predicted octanol–water partition coefficient (Wildman–Crippen LogP) is 2.78. The van der Waals surface area contributed by atoms with Gasteiger partial charge in [0.15, 0.2) is 4.90 Å². The van der Waals surface area contributed by atoms with Gasteiger partial charge in [0.1, 0.15) is 0 Å². The van der Waals surface area contributed by atoms with E-state index in [2.05, 4.69) is 15.9 Å². The van der Waals surface area contributed by atoms with Gasteiger partial charge in [-0.2, -0.15) is 4.31 Å². The first-order valence-corrected chi connectivity index (χ1v) is 7.87. The van der Waals surface area contributed by atoms with E-state index in [4.69, 9.17) is 0 Å². The Morgan fingerprint density at radius 2 is 2.05 bits per heavy atom. The third kappa shape index (κ3) is 3.31. The average molecular weight is 351 g/mol. The van der Waals surface area contributed by atoms with E-state index >= 15 is 0 Å². The van der Waals surface area contributed by atoms with Gasteiger partial charge in [0.2, 0.25) is 10.0 Å². The number of hydrogen-bond donors (Lipinski definition) is 0. The highest BCUT2D eigenvalue weighted by Gasteiger charge is 2.31. The van der Waals surface area contributed by atoms with Crippen molar-refractivity contribution in [2.75, 3.05) is 7.05 Å². The molecule has 0 radical (unpaired) electrons. The van der Waals surface area contributed by atoms with E-state index in [1.165, 1.54) is 25.2 Å². The van der Waals surface area contributed by atoms with Crippen LogP contribution in [0.1, 0.15) is 20.3 Å². The quantitative estimate of drug-likeness (QED) is 0.603. The summed E-state index contributed by atoms with van der Waals surface area (Å²) in [7, 11) is -2.46. The molecule has 0 aromatic heterocycles. The van der Waals surface area contributed by atoms with Crippen LogP contribution in [0.15, 0.2) is 27.6 Å². The molecule has 19 heavy (non-hydrogen) atoms. The van der Waals surface area contributed by atoms with Crippen LogP contribution < -0.4 is 0 Å². The lowest BCUT2D eigenvalue weighted by atomic mass is 10.3. The Morgan fingerprint density at radius 1 is 1.47 bits per heavy atom. The molecular weight excluding hydrogens is 336 g/mol. The molecule has 0 aliphatic carbocycles. The van der Waals surface area contributed by atoms with Gasteiger partial charge in [0.25, 0.3) is 5.69 Å². The SMILES string of the molecule is CCC(C)N(C)S(=O)(=O)c1cc(Br)ccc1[N+](=O)[O-]. The molecule has 1 aromatic rings. The van der Waals surface area contributed by atoms with Crippen LogP contribution in [0.25, 0.3) is 0 Å². The molecule has 1 aromatic carbocycles. The van der Waals surface area contributed by atoms with Gasteiger partial charge in [-0.05, 0) is 25.5 Å². The van der Waals surface area contributed by atoms with E-state index in [-0.39, 0.29) is 10.9 Å². The van der Waals surface area contributed by atoms with Gasteiger partial charge in [0.05, 0.1) is 4.92 Å². The van der Waals surface area contributed by atoms with Gasteiger partial charge in [0, 0.05) is 23.6 Å². The molecule has 1 unspecified atom stereocenters. The van der Waals surface area contributed by atoms with Crippen LogP contribution >= 0.6 is 15.9 Å². The molecule has 0 aliphatic rings. The van der Waals surface area contributed by atoms with Crippen molar-refractivity contribution in [1.82, 2.24) is 4.31 Å². The second kappa shape index (κ2) is 5.98. The summed E-state index contributed by atoms with van der Waals surface area (Å²) in [5.41, 5.74) is -0.418. The summed E-state index contributed by atoms with van der Waals surface area (Å²) in [5, 5.41) is 10.9. The molecule has 8 heteroatoms. The molecule has 0 heterocycles. The standard InChI is InChI=1S/C11H15BrN2O4S/c1-4-8(2)13(3)19(17,18)11-7-9(12)5-6-10(11)14(15)16/h5-8H,4H2,1-3H3. The average Bonchev–Trinajstić information content (AvgIpc) is 2.36. The van der Waals surface area contributed by atoms with Crippen LogP contribution in [0.2, 0.25) is 0 Å². The topological polar surface area (TPSA) is 80.5 Å². The first kappa shape index (κ1) is 16.1. The van der Waals surface area contributed by atoms with Gasteiger partial charge in [-0.1, -0.05) is 22.9 Å². The maximum Gasteiger partial charge on any atom is 0.289 e. The van der Waals surface area contributed by atoms with E-state index in [9.17, 15) is 18.5 Å². The molecule has 1 rings (SSSR count). The molecule has 0 saturated heterocycles. The molecule has 6 nitrogen and oxygen atoms in total. The van der Waals surface area contributed by atoms with E-state index < -0.39 is 20.6 Å². The van der Waals surface area contributed by atoms with E-state index in [0.29, 0.717) is 10.9 Å². The van der Waals surface area contributed by atoms with Crippen LogP contribution in [-0.2, 0) is 10.0 Å². The lowest BCUT2D eigenvalue weighted by molar-refractivity contribution is -0.387. The fourth-order valence-corrected chi connectivity index (χ4v) is 3.62. The minimum Gasteiger partial charge on any atom is -0.258 e. The number of sulfonamides is 1. The van der Waals surface area contributed by atoms with Crippen LogP contribution in [0, 0.1) is 10.1 Å². The molecule has 0 saturated carbocycles. The van der Waals surface area contributed by atoms with Gasteiger partial charge >= 0.3 is 0 Å². The number of hydrogen-bond acceptors (Lipinski definition) is 4. The van der Waals surface area contributed by atoms with Gasteiger partial charge < -0.3 is 0 Å². The summed E-state index contributed by atoms with van der Waals surface area (Å²) in [4.78, 5) is 9.96. The number of halogens is 1. The van der Waals surface area contributed by atoms with Gasteiger partial charge in [-0.3, -0.25) is 10.1 Å². The van der Waals surface area contributed by atoms with Crippen molar-refractivity contribution in [3.8, 4) is 0 Å². The maximum atomic E-state index is 12.4. The number of nitro benzene ring substituents is 1. The summed E-state index contributed by atoms with van der Waals surface area (Å²) in [6.45, 7) is 3.60. The molecular formula is C11H15BrN2O4S. The second-order valence-electron chi connectivity index (χ2n) is 4.15. The van der Waals surface area contributed by atoms with Crippen LogP contribution in [-0.4, -0.2) is 30.7 Å². The van der Waals surface area contributed by atoms with Crippen LogP contribution in [0.3, 0.4) is 0 Å². The largest absolute Gasteiger partial charge is 0.289 e. The molecule has 0 amide bonds. The summed E-state index contributed by atoms with van der Waals surface area (Å²) < 4.78 is 26.5. The van der Waals surface area contributed by atoms with Gasteiger partial charge in [-0.15, -0.1) is 0 Å². The molecule has 0 spiro atoms. The Kier molecular flexibility index (Phi) is 5.05. The second-order valence-corrected chi connectivity index (χ2v) is 7.03. The Bertz CT molecular complexity index is 588. The van der Waals surface area contributed by atoms with Crippen molar-refractivity contribution in [2.24, 2.45) is 0 Å². The zero-order valence-corrected chi connectivity index (χ0v) is 13.2. The number of nitrogens with zero attached hydrogens (tertiary/aromatic N) is 2. The molecule has 0 N–H and O–H groups in total. The third-order valence-corrected chi connectivity index (χ3v) is 5.48. The first-order valence-electron chi connectivity index (χ1n) is 5.63. The van der Waals surface area contributed by atoms with Crippen molar-refractivity contribution in [2.45, 2.75) is 31.2 Å². The summed E-state index contributed by atoms with van der Waals surface area (Å²) >= 11 is 3.14. The minimum absolute atomic E-state index is 0.233. The molecule has 0 bridgehead atoms. The smallest absolute Gasteiger partial charge is 0.258 e. The van der Waals surface area contributed by atoms with Crippen LogP contribution in [0.4, 0.5) is 5.69 Å². The number of benzene rings is 1. The predicted molar refractivity (Wildman–Crippen MR) is 75.5 cm³/mol. The zero-order valence-electron chi connectivity index (χ0n) is 10.8. The van der Waals surface area contributed by atoms with E-state index in [1.54, 1.807) is 6.92 Å². The van der Waals surface area contributed by atoms with Crippen molar-refractivity contribution < 1.29 is 13.3 Å². The minimum atomic E-state index is -3.89. The fourth-order valence-electron chi connectivity index (χ4n) is 1.49. The highest BCUT2D eigenvalue weighted by Crippen LogP contribution is 2.30. The van der Waals surface area contributed by atoms with Crippen molar-refractivity contribution >= 4 is 31.6 Å². The van der Waals surface area contributed by atoms with E-state index in [0.717, 1.165) is 4.31 Å². The summed E-state index contributed by atoms with van der Waals surface area (Å²) in [6, 6.07) is 3.65. The fraction of sp³-hybridized carbons (Fsp3) is 0.455. The Morgan fingerprint density at radius 3 is 2.53 bits per heavy atom. The summed E-state index contributed by atoms with van der Waals surface area (Å²) in [6.07, 6.45) is 0.623. The lowest BCUT2D eigenvalue weighted by Gasteiger charge is -2.23. The summed E-state index contributed by atoms with van der Waals surface area (Å²) in [5.74, 6) is 0. The number of rotatable bonds is 5. The third-order valence-electron chi connectivity index (χ3n) is 2.99.